The molecule has 0 aliphatic carbocycles. The molecule has 0 bridgehead atoms. The first-order valence-electron chi connectivity index (χ1n) is 4.30. The van der Waals surface area contributed by atoms with E-state index >= 15 is 0 Å². The van der Waals surface area contributed by atoms with Crippen LogP contribution < -0.4 is 10.5 Å². The summed E-state index contributed by atoms with van der Waals surface area (Å²) < 4.78 is 18.0. The van der Waals surface area contributed by atoms with E-state index in [1.807, 2.05) is 6.07 Å². The second kappa shape index (κ2) is 5.20. The predicted molar refractivity (Wildman–Crippen MR) is 50.3 cm³/mol. The number of ether oxygens (including phenoxy) is 1. The smallest absolute Gasteiger partial charge is 0.137 e. The quantitative estimate of drug-likeness (QED) is 0.737. The molecule has 74 valence electrons. The highest BCUT2D eigenvalue weighted by molar-refractivity contribution is 5.42. The lowest BCUT2D eigenvalue weighted by molar-refractivity contribution is 0.312. The van der Waals surface area contributed by atoms with Crippen molar-refractivity contribution in [2.24, 2.45) is 5.73 Å². The minimum atomic E-state index is -0.437. The molecule has 14 heavy (non-hydrogen) atoms. The number of rotatable bonds is 4. The van der Waals surface area contributed by atoms with Crippen molar-refractivity contribution >= 4 is 0 Å². The summed E-state index contributed by atoms with van der Waals surface area (Å²) in [6, 6.07) is 5.73. The lowest BCUT2D eigenvalue weighted by atomic mass is 10.2. The van der Waals surface area contributed by atoms with Crippen LogP contribution in [-0.2, 0) is 0 Å². The molecular formula is C10H11FN2O. The van der Waals surface area contributed by atoms with Gasteiger partial charge in [-0.05, 0) is 31.2 Å². The molecule has 1 aromatic carbocycles. The zero-order valence-corrected chi connectivity index (χ0v) is 7.66. The second-order valence-corrected chi connectivity index (χ2v) is 2.74. The molecule has 2 N–H and O–H groups in total. The summed E-state index contributed by atoms with van der Waals surface area (Å²) in [7, 11) is 0. The van der Waals surface area contributed by atoms with E-state index in [1.165, 1.54) is 12.1 Å². The van der Waals surface area contributed by atoms with E-state index in [0.717, 1.165) is 6.07 Å². The van der Waals surface area contributed by atoms with E-state index in [-0.39, 0.29) is 5.56 Å². The topological polar surface area (TPSA) is 59.0 Å². The van der Waals surface area contributed by atoms with Crippen molar-refractivity contribution in [1.82, 2.24) is 0 Å². The highest BCUT2D eigenvalue weighted by Gasteiger charge is 2.03. The van der Waals surface area contributed by atoms with Crippen molar-refractivity contribution in [1.29, 1.82) is 5.26 Å². The molecule has 1 aromatic rings. The molecule has 0 aliphatic rings. The number of nitrogens with two attached hydrogens (primary N) is 1. The van der Waals surface area contributed by atoms with Crippen LogP contribution >= 0.6 is 0 Å². The van der Waals surface area contributed by atoms with Gasteiger partial charge >= 0.3 is 0 Å². The fourth-order valence-electron chi connectivity index (χ4n) is 0.981. The third-order valence-corrected chi connectivity index (χ3v) is 1.67. The normalized spacial score (nSPS) is 9.50. The Morgan fingerprint density at radius 1 is 1.50 bits per heavy atom. The Labute approximate surface area is 81.9 Å². The minimum Gasteiger partial charge on any atom is -0.492 e. The van der Waals surface area contributed by atoms with Gasteiger partial charge in [0.05, 0.1) is 12.2 Å². The highest BCUT2D eigenvalue weighted by atomic mass is 19.1. The van der Waals surface area contributed by atoms with E-state index in [4.69, 9.17) is 15.7 Å². The van der Waals surface area contributed by atoms with Crippen LogP contribution in [0.15, 0.2) is 18.2 Å². The molecule has 1 rings (SSSR count). The maximum atomic E-state index is 12.7. The van der Waals surface area contributed by atoms with Crippen LogP contribution in [0.4, 0.5) is 4.39 Å². The summed E-state index contributed by atoms with van der Waals surface area (Å²) in [6.07, 6.45) is 0.711. The lowest BCUT2D eigenvalue weighted by Crippen LogP contribution is -2.06. The fourth-order valence-corrected chi connectivity index (χ4v) is 0.981. The number of halogens is 1. The van der Waals surface area contributed by atoms with Gasteiger partial charge in [0, 0.05) is 0 Å². The van der Waals surface area contributed by atoms with Crippen molar-refractivity contribution in [2.75, 3.05) is 13.2 Å². The van der Waals surface area contributed by atoms with E-state index in [9.17, 15) is 4.39 Å². The van der Waals surface area contributed by atoms with Gasteiger partial charge in [-0.3, -0.25) is 0 Å². The van der Waals surface area contributed by atoms with Gasteiger partial charge in [0.25, 0.3) is 0 Å². The van der Waals surface area contributed by atoms with Crippen LogP contribution in [0, 0.1) is 17.1 Å². The Bertz CT molecular complexity index is 346. The molecule has 0 atom stereocenters. The first-order chi connectivity index (χ1) is 6.77. The Hall–Kier alpha value is -1.60. The number of benzene rings is 1. The first-order valence-corrected chi connectivity index (χ1v) is 4.30. The molecule has 0 unspecified atom stereocenters. The SMILES string of the molecule is N#Cc1cc(F)ccc1OCCCN. The first kappa shape index (κ1) is 10.5. The largest absolute Gasteiger partial charge is 0.492 e. The van der Waals surface area contributed by atoms with Crippen molar-refractivity contribution in [2.45, 2.75) is 6.42 Å². The predicted octanol–water partition coefficient (Wildman–Crippen LogP) is 1.42. The third-order valence-electron chi connectivity index (χ3n) is 1.67. The van der Waals surface area contributed by atoms with Crippen molar-refractivity contribution < 1.29 is 9.13 Å². The second-order valence-electron chi connectivity index (χ2n) is 2.74. The van der Waals surface area contributed by atoms with Gasteiger partial charge in [0.1, 0.15) is 17.6 Å². The van der Waals surface area contributed by atoms with E-state index in [2.05, 4.69) is 0 Å². The number of nitriles is 1. The Morgan fingerprint density at radius 3 is 2.93 bits per heavy atom. The standard InChI is InChI=1S/C10H11FN2O/c11-9-2-3-10(8(6-9)7-13)14-5-1-4-12/h2-3,6H,1,4-5,12H2. The van der Waals surface area contributed by atoms with Gasteiger partial charge in [0.2, 0.25) is 0 Å². The molecular weight excluding hydrogens is 183 g/mol. The van der Waals surface area contributed by atoms with Crippen molar-refractivity contribution in [3.05, 3.63) is 29.6 Å². The van der Waals surface area contributed by atoms with E-state index < -0.39 is 5.82 Å². The summed E-state index contributed by atoms with van der Waals surface area (Å²) in [5.74, 6) is -0.0323. The zero-order valence-electron chi connectivity index (χ0n) is 7.66. The summed E-state index contributed by atoms with van der Waals surface area (Å²) in [4.78, 5) is 0. The van der Waals surface area contributed by atoms with Gasteiger partial charge < -0.3 is 10.5 Å². The fraction of sp³-hybridized carbons (Fsp3) is 0.300. The minimum absolute atomic E-state index is 0.210. The van der Waals surface area contributed by atoms with Crippen LogP contribution in [0.5, 0.6) is 5.75 Å². The molecule has 0 saturated carbocycles. The summed E-state index contributed by atoms with van der Waals surface area (Å²) in [5, 5.41) is 8.68. The number of hydrogen-bond donors (Lipinski definition) is 1. The van der Waals surface area contributed by atoms with Gasteiger partial charge in [-0.1, -0.05) is 0 Å². The molecule has 0 amide bonds. The van der Waals surface area contributed by atoms with Crippen LogP contribution in [0.1, 0.15) is 12.0 Å². The van der Waals surface area contributed by atoms with Crippen molar-refractivity contribution in [3.63, 3.8) is 0 Å². The Morgan fingerprint density at radius 2 is 2.29 bits per heavy atom. The zero-order chi connectivity index (χ0) is 10.4. The highest BCUT2D eigenvalue weighted by Crippen LogP contribution is 2.18. The maximum absolute atomic E-state index is 12.7. The van der Waals surface area contributed by atoms with Crippen LogP contribution in [0.2, 0.25) is 0 Å². The van der Waals surface area contributed by atoms with Gasteiger partial charge in [0.15, 0.2) is 0 Å². The Balaban J connectivity index is 2.72. The van der Waals surface area contributed by atoms with Gasteiger partial charge in [-0.15, -0.1) is 0 Å². The summed E-state index contributed by atoms with van der Waals surface area (Å²) in [5.41, 5.74) is 5.49. The van der Waals surface area contributed by atoms with Gasteiger partial charge in [-0.25, -0.2) is 4.39 Å². The molecule has 4 heteroatoms. The average molecular weight is 194 g/mol. The van der Waals surface area contributed by atoms with Crippen molar-refractivity contribution in [3.8, 4) is 11.8 Å². The number of nitrogens with zero attached hydrogens (tertiary/aromatic N) is 1. The van der Waals surface area contributed by atoms with Crippen LogP contribution in [0.3, 0.4) is 0 Å². The molecule has 0 fully saturated rings. The molecule has 0 saturated heterocycles. The molecule has 3 nitrogen and oxygen atoms in total. The molecule has 0 heterocycles. The summed E-state index contributed by atoms with van der Waals surface area (Å²) in [6.45, 7) is 0.972. The molecule has 0 aliphatic heterocycles. The third kappa shape index (κ3) is 2.71. The number of hydrogen-bond acceptors (Lipinski definition) is 3. The Kier molecular flexibility index (Phi) is 3.89. The van der Waals surface area contributed by atoms with E-state index in [1.54, 1.807) is 0 Å². The lowest BCUT2D eigenvalue weighted by Gasteiger charge is -2.06. The molecule has 0 radical (unpaired) electrons. The molecule has 0 aromatic heterocycles. The summed E-state index contributed by atoms with van der Waals surface area (Å²) >= 11 is 0. The van der Waals surface area contributed by atoms with E-state index in [0.29, 0.717) is 25.3 Å². The van der Waals surface area contributed by atoms with Crippen LogP contribution in [-0.4, -0.2) is 13.2 Å². The van der Waals surface area contributed by atoms with Gasteiger partial charge in [-0.2, -0.15) is 5.26 Å². The average Bonchev–Trinajstić information content (AvgIpc) is 2.20. The molecule has 0 spiro atoms. The monoisotopic (exact) mass is 194 g/mol. The maximum Gasteiger partial charge on any atom is 0.137 e. The van der Waals surface area contributed by atoms with Crippen LogP contribution in [0.25, 0.3) is 0 Å².